The van der Waals surface area contributed by atoms with Crippen molar-refractivity contribution in [1.29, 1.82) is 0 Å². The first-order valence-electron chi connectivity index (χ1n) is 6.60. The minimum atomic E-state index is 0.761. The van der Waals surface area contributed by atoms with Crippen molar-refractivity contribution in [2.24, 2.45) is 0 Å². The summed E-state index contributed by atoms with van der Waals surface area (Å²) in [5.74, 6) is 0. The van der Waals surface area contributed by atoms with Gasteiger partial charge in [-0.1, -0.05) is 13.0 Å². The van der Waals surface area contributed by atoms with E-state index in [1.807, 2.05) is 11.8 Å². The van der Waals surface area contributed by atoms with E-state index in [1.54, 1.807) is 0 Å². The first-order valence-corrected chi connectivity index (χ1v) is 7.48. The van der Waals surface area contributed by atoms with Crippen molar-refractivity contribution in [2.45, 2.75) is 43.4 Å². The van der Waals surface area contributed by atoms with Gasteiger partial charge in [0.25, 0.3) is 0 Å². The maximum atomic E-state index is 4.57. The van der Waals surface area contributed by atoms with Crippen molar-refractivity contribution < 1.29 is 0 Å². The summed E-state index contributed by atoms with van der Waals surface area (Å²) < 4.78 is 0. The van der Waals surface area contributed by atoms with Crippen LogP contribution in [-0.2, 0) is 0 Å². The number of hydrogen-bond acceptors (Lipinski definition) is 3. The van der Waals surface area contributed by atoms with Crippen LogP contribution in [0.2, 0.25) is 0 Å². The number of piperidine rings is 1. The predicted molar refractivity (Wildman–Crippen MR) is 74.6 cm³/mol. The highest BCUT2D eigenvalue weighted by Crippen LogP contribution is 2.29. The Bertz CT molecular complexity index is 346. The van der Waals surface area contributed by atoms with E-state index in [2.05, 4.69) is 41.9 Å². The number of thioether (sulfide) groups is 1. The lowest BCUT2D eigenvalue weighted by molar-refractivity contribution is 0.233. The first kappa shape index (κ1) is 12.9. The molecule has 0 aromatic carbocycles. The molecule has 94 valence electrons. The van der Waals surface area contributed by atoms with Crippen LogP contribution in [0.1, 0.15) is 31.9 Å². The zero-order chi connectivity index (χ0) is 12.1. The van der Waals surface area contributed by atoms with Crippen LogP contribution in [0.25, 0.3) is 0 Å². The molecular formula is C14H22N2S. The van der Waals surface area contributed by atoms with Crippen molar-refractivity contribution >= 4 is 11.8 Å². The summed E-state index contributed by atoms with van der Waals surface area (Å²) in [6.07, 6.45) is 3.89. The van der Waals surface area contributed by atoms with Gasteiger partial charge in [-0.25, -0.2) is 4.98 Å². The number of nitrogens with zero attached hydrogens (tertiary/aromatic N) is 2. The van der Waals surface area contributed by atoms with E-state index in [1.165, 1.54) is 43.9 Å². The molecule has 1 saturated heterocycles. The Labute approximate surface area is 109 Å². The largest absolute Gasteiger partial charge is 0.303 e. The number of hydrogen-bond donors (Lipinski definition) is 0. The van der Waals surface area contributed by atoms with Crippen LogP contribution in [0.3, 0.4) is 0 Å². The van der Waals surface area contributed by atoms with E-state index in [-0.39, 0.29) is 0 Å². The van der Waals surface area contributed by atoms with Gasteiger partial charge in [0.15, 0.2) is 0 Å². The summed E-state index contributed by atoms with van der Waals surface area (Å²) in [6, 6.07) is 6.31. The van der Waals surface area contributed by atoms with Crippen molar-refractivity contribution in [3.63, 3.8) is 0 Å². The normalized spacial score (nSPS) is 18.5. The van der Waals surface area contributed by atoms with Gasteiger partial charge >= 0.3 is 0 Å². The minimum absolute atomic E-state index is 0.761. The number of likely N-dealkylation sites (tertiary alicyclic amines) is 1. The third kappa shape index (κ3) is 4.00. The number of pyridine rings is 1. The van der Waals surface area contributed by atoms with Crippen LogP contribution < -0.4 is 0 Å². The molecule has 0 N–H and O–H groups in total. The zero-order valence-electron chi connectivity index (χ0n) is 10.9. The summed E-state index contributed by atoms with van der Waals surface area (Å²) in [5, 5.41) is 1.95. The van der Waals surface area contributed by atoms with Crippen molar-refractivity contribution in [1.82, 2.24) is 9.88 Å². The Balaban J connectivity index is 1.82. The predicted octanol–water partition coefficient (Wildman–Crippen LogP) is 3.36. The maximum Gasteiger partial charge on any atom is 0.0965 e. The van der Waals surface area contributed by atoms with Crippen molar-refractivity contribution in [3.05, 3.63) is 23.9 Å². The third-order valence-electron chi connectivity index (χ3n) is 3.22. The van der Waals surface area contributed by atoms with Gasteiger partial charge in [0.1, 0.15) is 0 Å². The molecule has 0 atom stereocenters. The smallest absolute Gasteiger partial charge is 0.0965 e. The highest BCUT2D eigenvalue weighted by molar-refractivity contribution is 7.99. The van der Waals surface area contributed by atoms with Crippen LogP contribution in [0.5, 0.6) is 0 Å². The molecule has 0 bridgehead atoms. The fourth-order valence-corrected chi connectivity index (χ4v) is 3.46. The highest BCUT2D eigenvalue weighted by atomic mass is 32.2. The van der Waals surface area contributed by atoms with Gasteiger partial charge < -0.3 is 4.90 Å². The van der Waals surface area contributed by atoms with E-state index in [0.29, 0.717) is 0 Å². The molecule has 2 nitrogen and oxygen atoms in total. The zero-order valence-corrected chi connectivity index (χ0v) is 11.7. The average Bonchev–Trinajstić information content (AvgIpc) is 2.32. The van der Waals surface area contributed by atoms with Gasteiger partial charge in [0.2, 0.25) is 0 Å². The van der Waals surface area contributed by atoms with E-state index < -0.39 is 0 Å². The quantitative estimate of drug-likeness (QED) is 0.815. The lowest BCUT2D eigenvalue weighted by atomic mass is 10.1. The molecule has 3 heteroatoms. The Morgan fingerprint density at radius 1 is 1.35 bits per heavy atom. The highest BCUT2D eigenvalue weighted by Gasteiger charge is 2.19. The fraction of sp³-hybridized carbons (Fsp3) is 0.643. The molecule has 1 fully saturated rings. The summed E-state index contributed by atoms with van der Waals surface area (Å²) in [6.45, 7) is 8.11. The Hall–Kier alpha value is -0.540. The minimum Gasteiger partial charge on any atom is -0.303 e. The van der Waals surface area contributed by atoms with Crippen LogP contribution in [0.15, 0.2) is 23.2 Å². The molecule has 0 unspecified atom stereocenters. The molecule has 1 aromatic rings. The van der Waals surface area contributed by atoms with Gasteiger partial charge in [-0.05, 0) is 58.0 Å². The third-order valence-corrected chi connectivity index (χ3v) is 4.50. The second-order valence-corrected chi connectivity index (χ2v) is 6.10. The Morgan fingerprint density at radius 3 is 2.76 bits per heavy atom. The molecule has 1 aromatic heterocycles. The summed E-state index contributed by atoms with van der Waals surface area (Å²) in [7, 11) is 0. The van der Waals surface area contributed by atoms with Crippen LogP contribution in [0.4, 0.5) is 0 Å². The molecule has 1 aliphatic heterocycles. The topological polar surface area (TPSA) is 16.1 Å². The lowest BCUT2D eigenvalue weighted by Gasteiger charge is -2.31. The molecule has 0 spiro atoms. The van der Waals surface area contributed by atoms with Crippen molar-refractivity contribution in [3.8, 4) is 0 Å². The molecule has 2 rings (SSSR count). The van der Waals surface area contributed by atoms with Crippen LogP contribution in [-0.4, -0.2) is 34.8 Å². The monoisotopic (exact) mass is 250 g/mol. The Morgan fingerprint density at radius 2 is 2.12 bits per heavy atom. The summed E-state index contributed by atoms with van der Waals surface area (Å²) in [5.41, 5.74) is 1.12. The molecule has 0 amide bonds. The second kappa shape index (κ2) is 6.41. The van der Waals surface area contributed by atoms with Gasteiger partial charge in [-0.3, -0.25) is 0 Å². The van der Waals surface area contributed by atoms with Crippen molar-refractivity contribution in [2.75, 3.05) is 19.6 Å². The fourth-order valence-electron chi connectivity index (χ4n) is 2.32. The number of aryl methyl sites for hydroxylation is 1. The molecule has 17 heavy (non-hydrogen) atoms. The van der Waals surface area contributed by atoms with Crippen LogP contribution in [0, 0.1) is 6.92 Å². The summed E-state index contributed by atoms with van der Waals surface area (Å²) >= 11 is 1.96. The van der Waals surface area contributed by atoms with Gasteiger partial charge in [-0.2, -0.15) is 0 Å². The van der Waals surface area contributed by atoms with Crippen LogP contribution >= 0.6 is 11.8 Å². The van der Waals surface area contributed by atoms with Gasteiger partial charge in [-0.15, -0.1) is 11.8 Å². The number of aromatic nitrogens is 1. The maximum absolute atomic E-state index is 4.57. The molecule has 2 heterocycles. The SMILES string of the molecule is CCCN1CCC(Sc2cccc(C)n2)CC1. The molecule has 0 radical (unpaired) electrons. The molecule has 0 saturated carbocycles. The van der Waals surface area contributed by atoms with E-state index >= 15 is 0 Å². The molecule has 1 aliphatic rings. The van der Waals surface area contributed by atoms with E-state index in [4.69, 9.17) is 0 Å². The standard InChI is InChI=1S/C14H22N2S/c1-3-9-16-10-7-13(8-11-16)17-14-6-4-5-12(2)15-14/h4-6,13H,3,7-11H2,1-2H3. The molecular weight excluding hydrogens is 228 g/mol. The number of rotatable bonds is 4. The average molecular weight is 250 g/mol. The van der Waals surface area contributed by atoms with Gasteiger partial charge in [0, 0.05) is 10.9 Å². The summed E-state index contributed by atoms with van der Waals surface area (Å²) in [4.78, 5) is 7.16. The molecule has 0 aliphatic carbocycles. The lowest BCUT2D eigenvalue weighted by Crippen LogP contribution is -2.35. The van der Waals surface area contributed by atoms with E-state index in [0.717, 1.165) is 10.9 Å². The second-order valence-electron chi connectivity index (χ2n) is 4.78. The van der Waals surface area contributed by atoms with Gasteiger partial charge in [0.05, 0.1) is 5.03 Å². The first-order chi connectivity index (χ1) is 8.28. The van der Waals surface area contributed by atoms with E-state index in [9.17, 15) is 0 Å². The Kier molecular flexibility index (Phi) is 4.86.